The van der Waals surface area contributed by atoms with Gasteiger partial charge in [0.2, 0.25) is 6.29 Å². The van der Waals surface area contributed by atoms with Crippen molar-refractivity contribution >= 4 is 11.9 Å². The lowest BCUT2D eigenvalue weighted by molar-refractivity contribution is -0.372. The number of ether oxygens (including phenoxy) is 11. The quantitative estimate of drug-likeness (QED) is 0.0439. The Labute approximate surface area is 502 Å². The average Bonchev–Trinajstić information content (AvgIpc) is 0.943. The number of aliphatic hydroxyl groups excluding tert-OH is 15. The fourth-order valence-corrected chi connectivity index (χ4v) is 17.5. The molecule has 5 heterocycles. The zero-order chi connectivity index (χ0) is 63.6. The Morgan fingerprint density at radius 2 is 1.25 bits per heavy atom. The van der Waals surface area contributed by atoms with Gasteiger partial charge in [0.25, 0.3) is 0 Å². The van der Waals surface area contributed by atoms with Gasteiger partial charge in [-0.1, -0.05) is 46.3 Å². The van der Waals surface area contributed by atoms with Gasteiger partial charge in [0, 0.05) is 0 Å². The van der Waals surface area contributed by atoms with Gasteiger partial charge in [-0.05, 0) is 97.7 Å². The van der Waals surface area contributed by atoms with Crippen molar-refractivity contribution < 1.29 is 143 Å². The van der Waals surface area contributed by atoms with Crippen LogP contribution >= 0.6 is 0 Å². The molecule has 32 atom stereocenters. The van der Waals surface area contributed by atoms with Gasteiger partial charge in [-0.2, -0.15) is 0 Å². The van der Waals surface area contributed by atoms with Crippen molar-refractivity contribution in [3.05, 3.63) is 11.6 Å². The van der Waals surface area contributed by atoms with Crippen molar-refractivity contribution in [2.24, 2.45) is 50.2 Å². The molecule has 5 aliphatic carbocycles. The minimum absolute atomic E-state index is 0.000485. The smallest absolute Gasteiger partial charge is 0.317 e. The maximum absolute atomic E-state index is 15.5. The highest BCUT2D eigenvalue weighted by Crippen LogP contribution is 2.76. The zero-order valence-corrected chi connectivity index (χ0v) is 50.0. The number of esters is 2. The number of aliphatic hydroxyl groups is 16. The summed E-state index contributed by atoms with van der Waals surface area (Å²) in [5.74, 6) is -3.57. The summed E-state index contributed by atoms with van der Waals surface area (Å²) < 4.78 is 63.9. The van der Waals surface area contributed by atoms with Crippen LogP contribution in [0.2, 0.25) is 0 Å². The Hall–Kier alpha value is -2.32. The number of methoxy groups -OCH3 is 1. The second-order valence-electron chi connectivity index (χ2n) is 28.0. The van der Waals surface area contributed by atoms with Crippen LogP contribution in [0.4, 0.5) is 0 Å². The Bertz CT molecular complexity index is 2490. The standard InChI is InChI=1S/C58H92O29/c1-23-40(83-45-39(72)41(28(64)19-78-45)84-49-43(73)56(76,20-60)22-80-49)36(69)38(71)46(81-23)85-42-33(66)27(63)18-79-48(42)87-51(75)57-13-12-52(2,3)14-25(57)24-8-9-30-53(4)15-26(62)44(86-47-37(70)35(68)34(67)29(17-59)82-47)58(21-61,50(74)77-7)31(53)10-11-54(30,5)55(24,6)16-32(57)65/h8,23,25-49,59-73,76H,9-22H2,1-7H3/t23-,25?,26?,27+,28+,29+,30?,31?,32?,33-,34+,35-,36-,37+,38+,39+,40-,41-,42+,43-,44?,45-,46-,47-,48-,49-,53?,54?,55?,56?,57?,58?/m0/s1. The van der Waals surface area contributed by atoms with Crippen LogP contribution in [0.5, 0.6) is 0 Å². The molecule has 87 heavy (non-hydrogen) atoms. The van der Waals surface area contributed by atoms with Gasteiger partial charge >= 0.3 is 11.9 Å². The molecule has 0 aromatic rings. The van der Waals surface area contributed by atoms with E-state index < -0.39 is 237 Å². The second kappa shape index (κ2) is 24.5. The summed E-state index contributed by atoms with van der Waals surface area (Å²) in [5, 5.41) is 177. The number of carbonyl (C=O) groups excluding carboxylic acids is 2. The predicted molar refractivity (Wildman–Crippen MR) is 287 cm³/mol. The lowest BCUT2D eigenvalue weighted by atomic mass is 9.33. The first-order valence-corrected chi connectivity index (χ1v) is 30.3. The molecule has 5 saturated heterocycles. The molecule has 0 spiro atoms. The van der Waals surface area contributed by atoms with Gasteiger partial charge in [0.15, 0.2) is 31.3 Å². The second-order valence-corrected chi connectivity index (χ2v) is 28.0. The van der Waals surface area contributed by atoms with E-state index in [2.05, 4.69) is 33.8 Å². The van der Waals surface area contributed by atoms with Crippen LogP contribution in [0.1, 0.15) is 92.9 Å². The van der Waals surface area contributed by atoms with Crippen LogP contribution in [0.15, 0.2) is 11.6 Å². The summed E-state index contributed by atoms with van der Waals surface area (Å²) in [4.78, 5) is 29.9. The van der Waals surface area contributed by atoms with Gasteiger partial charge in [-0.3, -0.25) is 9.59 Å². The molecule has 12 unspecified atom stereocenters. The number of rotatable bonds is 14. The molecule has 10 rings (SSSR count). The van der Waals surface area contributed by atoms with E-state index in [4.69, 9.17) is 52.1 Å². The Morgan fingerprint density at radius 1 is 0.609 bits per heavy atom. The molecule has 5 aliphatic heterocycles. The number of allylic oxidation sites excluding steroid dienone is 2. The first kappa shape index (κ1) is 67.6. The number of fused-ring (bicyclic) bond motifs is 7. The highest BCUT2D eigenvalue weighted by molar-refractivity contribution is 5.80. The van der Waals surface area contributed by atoms with Crippen LogP contribution in [0.25, 0.3) is 0 Å². The van der Waals surface area contributed by atoms with Crippen molar-refractivity contribution in [2.45, 2.75) is 240 Å². The SMILES string of the molecule is COC(=O)C1(CO)C(O[C@@H]2O[C@H](CO)[C@@H](O)[C@H](O)[C@H]2O)C(O)CC2(C)C1CCC1(C)C2CC=C2C3CC(C)(C)CCC3(C(=O)O[C@@H]3OC[C@@H](O)[C@H](O)[C@H]3O[C@@H]3O[C@@H](C)[C@H](O[C@@H]4OC[C@@H](O)[C@H](O[C@@H]5OCC(O)(CO)[C@H]5O)[C@H]4O)[C@@H](O)[C@H]3O)C(O)CC21C. The Morgan fingerprint density at radius 3 is 1.91 bits per heavy atom. The van der Waals surface area contributed by atoms with Gasteiger partial charge in [-0.15, -0.1) is 0 Å². The van der Waals surface area contributed by atoms with Gasteiger partial charge in [0.05, 0.1) is 65.1 Å². The molecule has 498 valence electrons. The van der Waals surface area contributed by atoms with Crippen LogP contribution in [0, 0.1) is 50.2 Å². The van der Waals surface area contributed by atoms with E-state index in [-0.39, 0.29) is 37.0 Å². The third-order valence-electron chi connectivity index (χ3n) is 22.7. The number of hydrogen-bond acceptors (Lipinski definition) is 29. The molecule has 0 bridgehead atoms. The summed E-state index contributed by atoms with van der Waals surface area (Å²) in [5.41, 5.74) is -7.73. The molecule has 4 saturated carbocycles. The monoisotopic (exact) mass is 1250 g/mol. The molecule has 0 amide bonds. The van der Waals surface area contributed by atoms with Crippen LogP contribution in [-0.2, 0) is 61.7 Å². The summed E-state index contributed by atoms with van der Waals surface area (Å²) >= 11 is 0. The molecule has 0 radical (unpaired) electrons. The summed E-state index contributed by atoms with van der Waals surface area (Å²) in [6, 6.07) is 0. The number of carbonyl (C=O) groups is 2. The van der Waals surface area contributed by atoms with E-state index in [1.165, 1.54) is 6.92 Å². The van der Waals surface area contributed by atoms with E-state index in [1.54, 1.807) is 0 Å². The van der Waals surface area contributed by atoms with Crippen molar-refractivity contribution in [2.75, 3.05) is 46.8 Å². The third kappa shape index (κ3) is 10.8. The summed E-state index contributed by atoms with van der Waals surface area (Å²) in [7, 11) is 1.14. The van der Waals surface area contributed by atoms with E-state index in [9.17, 15) is 86.5 Å². The highest BCUT2D eigenvalue weighted by atomic mass is 16.8. The van der Waals surface area contributed by atoms with Crippen LogP contribution in [-0.4, -0.2) is 287 Å². The molecular formula is C58H92O29. The maximum atomic E-state index is 15.5. The maximum Gasteiger partial charge on any atom is 0.317 e. The first-order chi connectivity index (χ1) is 40.8. The molecule has 0 aromatic heterocycles. The highest BCUT2D eigenvalue weighted by Gasteiger charge is 2.75. The Kier molecular flexibility index (Phi) is 19.1. The number of hydrogen-bond donors (Lipinski definition) is 16. The lowest BCUT2D eigenvalue weighted by Crippen LogP contribution is -2.72. The Balaban J connectivity index is 0.877. The lowest BCUT2D eigenvalue weighted by Gasteiger charge is -2.72. The van der Waals surface area contributed by atoms with Crippen LogP contribution < -0.4 is 0 Å². The zero-order valence-electron chi connectivity index (χ0n) is 50.0. The molecule has 29 nitrogen and oxygen atoms in total. The van der Waals surface area contributed by atoms with Crippen molar-refractivity contribution in [1.82, 2.24) is 0 Å². The minimum atomic E-state index is -2.08. The molecule has 16 N–H and O–H groups in total. The summed E-state index contributed by atoms with van der Waals surface area (Å²) in [6.07, 6.45) is -34.3. The van der Waals surface area contributed by atoms with Gasteiger partial charge < -0.3 is 134 Å². The summed E-state index contributed by atoms with van der Waals surface area (Å²) in [6.45, 7) is 7.57. The van der Waals surface area contributed by atoms with Crippen molar-refractivity contribution in [1.29, 1.82) is 0 Å². The molecule has 9 fully saturated rings. The molecule has 29 heteroatoms. The van der Waals surface area contributed by atoms with Crippen molar-refractivity contribution in [3.8, 4) is 0 Å². The van der Waals surface area contributed by atoms with Crippen LogP contribution in [0.3, 0.4) is 0 Å². The molecule has 0 aromatic carbocycles. The fraction of sp³-hybridized carbons (Fsp3) is 0.931. The first-order valence-electron chi connectivity index (χ1n) is 30.3. The average molecular weight is 1250 g/mol. The minimum Gasteiger partial charge on any atom is -0.468 e. The van der Waals surface area contributed by atoms with Gasteiger partial charge in [0.1, 0.15) is 102 Å². The van der Waals surface area contributed by atoms with E-state index in [0.717, 1.165) is 12.7 Å². The van der Waals surface area contributed by atoms with E-state index in [0.29, 0.717) is 25.7 Å². The molecular weight excluding hydrogens is 1160 g/mol. The topological polar surface area (TPSA) is 459 Å². The predicted octanol–water partition coefficient (Wildman–Crippen LogP) is -5.20. The molecule has 10 aliphatic rings. The fourth-order valence-electron chi connectivity index (χ4n) is 17.5. The normalized spacial score (nSPS) is 54.0. The van der Waals surface area contributed by atoms with Gasteiger partial charge in [-0.25, -0.2) is 0 Å². The van der Waals surface area contributed by atoms with E-state index in [1.807, 2.05) is 6.92 Å². The largest absolute Gasteiger partial charge is 0.468 e. The third-order valence-corrected chi connectivity index (χ3v) is 22.7. The van der Waals surface area contributed by atoms with E-state index >= 15 is 4.79 Å². The van der Waals surface area contributed by atoms with Crippen molar-refractivity contribution in [3.63, 3.8) is 0 Å².